The monoisotopic (exact) mass is 633 g/mol. The third-order valence-corrected chi connectivity index (χ3v) is 10.2. The van der Waals surface area contributed by atoms with Crippen molar-refractivity contribution in [1.82, 2.24) is 9.21 Å². The number of rotatable bonds is 9. The molecule has 0 radical (unpaired) electrons. The predicted molar refractivity (Wildman–Crippen MR) is 157 cm³/mol. The number of benzene rings is 2. The van der Waals surface area contributed by atoms with Gasteiger partial charge in [-0.3, -0.25) is 4.79 Å². The van der Waals surface area contributed by atoms with E-state index in [1.807, 2.05) is 0 Å². The SMILES string of the molecule is CS(=O)(=O)N1CCC(C(=O)N(CCCN2CCC(Cc3ccc(C(F)(F)F)cc3)CC2)c2ccc(Cl)c(Cl)c2)CC1. The summed E-state index contributed by atoms with van der Waals surface area (Å²) in [6.45, 7) is 3.75. The Morgan fingerprint density at radius 1 is 0.951 bits per heavy atom. The Balaban J connectivity index is 1.30. The number of piperidine rings is 2. The van der Waals surface area contributed by atoms with Crippen molar-refractivity contribution < 1.29 is 26.4 Å². The second-order valence-corrected chi connectivity index (χ2v) is 13.9. The molecule has 2 aromatic rings. The first-order chi connectivity index (χ1) is 19.3. The minimum Gasteiger partial charge on any atom is -0.312 e. The van der Waals surface area contributed by atoms with Gasteiger partial charge in [0.25, 0.3) is 0 Å². The summed E-state index contributed by atoms with van der Waals surface area (Å²) in [7, 11) is -3.28. The Morgan fingerprint density at radius 2 is 1.59 bits per heavy atom. The van der Waals surface area contributed by atoms with Crippen molar-refractivity contribution >= 4 is 44.8 Å². The molecule has 0 spiro atoms. The number of alkyl halides is 3. The van der Waals surface area contributed by atoms with Crippen LogP contribution in [0, 0.1) is 11.8 Å². The molecule has 0 saturated carbocycles. The summed E-state index contributed by atoms with van der Waals surface area (Å²) in [6, 6.07) is 10.6. The maximum absolute atomic E-state index is 13.6. The third-order valence-electron chi connectivity index (χ3n) is 8.12. The number of sulfonamides is 1. The van der Waals surface area contributed by atoms with E-state index in [-0.39, 0.29) is 11.8 Å². The van der Waals surface area contributed by atoms with E-state index in [4.69, 9.17) is 23.2 Å². The van der Waals surface area contributed by atoms with Gasteiger partial charge in [0.15, 0.2) is 0 Å². The normalized spacial score (nSPS) is 18.5. The molecular formula is C29H36Cl2F3N3O3S. The largest absolute Gasteiger partial charge is 0.416 e. The summed E-state index contributed by atoms with van der Waals surface area (Å²) >= 11 is 12.4. The molecule has 2 aromatic carbocycles. The maximum atomic E-state index is 13.6. The van der Waals surface area contributed by atoms with Crippen molar-refractivity contribution in [3.63, 3.8) is 0 Å². The van der Waals surface area contributed by atoms with Crippen LogP contribution in [0.5, 0.6) is 0 Å². The van der Waals surface area contributed by atoms with Crippen molar-refractivity contribution in [2.24, 2.45) is 11.8 Å². The Kier molecular flexibility index (Phi) is 10.7. The van der Waals surface area contributed by atoms with Crippen LogP contribution >= 0.6 is 23.2 Å². The molecular weight excluding hydrogens is 598 g/mol. The van der Waals surface area contributed by atoms with Gasteiger partial charge >= 0.3 is 6.18 Å². The van der Waals surface area contributed by atoms with Crippen LogP contribution in [0.25, 0.3) is 0 Å². The average molecular weight is 635 g/mol. The molecule has 0 unspecified atom stereocenters. The molecule has 1 amide bonds. The Bertz CT molecular complexity index is 1290. The van der Waals surface area contributed by atoms with Gasteiger partial charge in [0.1, 0.15) is 0 Å². The van der Waals surface area contributed by atoms with Gasteiger partial charge in [-0.25, -0.2) is 12.7 Å². The van der Waals surface area contributed by atoms with Crippen molar-refractivity contribution in [3.8, 4) is 0 Å². The fourth-order valence-corrected chi connectivity index (χ4v) is 6.87. The molecule has 0 N–H and O–H groups in total. The number of nitrogens with zero attached hydrogens (tertiary/aromatic N) is 3. The molecule has 2 saturated heterocycles. The highest BCUT2D eigenvalue weighted by atomic mass is 35.5. The lowest BCUT2D eigenvalue weighted by atomic mass is 9.90. The van der Waals surface area contributed by atoms with E-state index >= 15 is 0 Å². The van der Waals surface area contributed by atoms with Gasteiger partial charge in [0, 0.05) is 31.2 Å². The van der Waals surface area contributed by atoms with Gasteiger partial charge in [-0.1, -0.05) is 35.3 Å². The van der Waals surface area contributed by atoms with Gasteiger partial charge in [-0.15, -0.1) is 0 Å². The zero-order valence-electron chi connectivity index (χ0n) is 23.0. The quantitative estimate of drug-likeness (QED) is 0.322. The lowest BCUT2D eigenvalue weighted by Gasteiger charge is -2.35. The first kappa shape index (κ1) is 32.1. The van der Waals surface area contributed by atoms with E-state index in [9.17, 15) is 26.4 Å². The number of hydrogen-bond donors (Lipinski definition) is 0. The lowest BCUT2D eigenvalue weighted by molar-refractivity contribution is -0.137. The summed E-state index contributed by atoms with van der Waals surface area (Å²) in [4.78, 5) is 17.7. The Morgan fingerprint density at radius 3 is 2.15 bits per heavy atom. The number of likely N-dealkylation sites (tertiary alicyclic amines) is 1. The topological polar surface area (TPSA) is 60.9 Å². The average Bonchev–Trinajstić information content (AvgIpc) is 2.93. The summed E-state index contributed by atoms with van der Waals surface area (Å²) in [5.41, 5.74) is 0.976. The van der Waals surface area contributed by atoms with Gasteiger partial charge < -0.3 is 9.80 Å². The van der Waals surface area contributed by atoms with Crippen molar-refractivity contribution in [3.05, 3.63) is 63.6 Å². The van der Waals surface area contributed by atoms with Crippen molar-refractivity contribution in [2.75, 3.05) is 50.4 Å². The minimum absolute atomic E-state index is 0.0354. The minimum atomic E-state index is -4.32. The zero-order valence-corrected chi connectivity index (χ0v) is 25.4. The fraction of sp³-hybridized carbons (Fsp3) is 0.552. The smallest absolute Gasteiger partial charge is 0.312 e. The predicted octanol–water partition coefficient (Wildman–Crippen LogP) is 6.36. The zero-order chi connectivity index (χ0) is 29.8. The molecule has 226 valence electrons. The molecule has 0 bridgehead atoms. The molecule has 6 nitrogen and oxygen atoms in total. The molecule has 2 heterocycles. The molecule has 41 heavy (non-hydrogen) atoms. The highest BCUT2D eigenvalue weighted by Crippen LogP contribution is 2.32. The van der Waals surface area contributed by atoms with Crippen LogP contribution in [0.3, 0.4) is 0 Å². The molecule has 2 fully saturated rings. The van der Waals surface area contributed by atoms with Gasteiger partial charge in [0.05, 0.1) is 21.9 Å². The number of amides is 1. The molecule has 0 atom stereocenters. The summed E-state index contributed by atoms with van der Waals surface area (Å²) < 4.78 is 63.7. The first-order valence-corrected chi connectivity index (χ1v) is 16.5. The van der Waals surface area contributed by atoms with E-state index in [1.165, 1.54) is 10.6 Å². The van der Waals surface area contributed by atoms with Gasteiger partial charge in [-0.05, 0) is 100.0 Å². The fourth-order valence-electron chi connectivity index (χ4n) is 5.70. The van der Waals surface area contributed by atoms with Crippen LogP contribution in [-0.4, -0.2) is 69.1 Å². The van der Waals surface area contributed by atoms with Gasteiger partial charge in [-0.2, -0.15) is 13.2 Å². The number of carbonyl (C=O) groups is 1. The van der Waals surface area contributed by atoms with Crippen LogP contribution in [0.1, 0.15) is 43.2 Å². The standard InChI is InChI=1S/C29H36Cl2F3N3O3S/c1-41(39,40)36-17-11-23(12-18-36)28(38)37(25-7-8-26(30)27(31)20-25)14-2-13-35-15-9-22(10-16-35)19-21-3-5-24(6-4-21)29(32,33)34/h3-8,20,22-23H,2,9-19H2,1H3. The van der Waals surface area contributed by atoms with E-state index in [0.717, 1.165) is 63.0 Å². The van der Waals surface area contributed by atoms with Crippen LogP contribution in [-0.2, 0) is 27.4 Å². The van der Waals surface area contributed by atoms with E-state index in [2.05, 4.69) is 4.90 Å². The highest BCUT2D eigenvalue weighted by Gasteiger charge is 2.33. The van der Waals surface area contributed by atoms with Crippen molar-refractivity contribution in [1.29, 1.82) is 0 Å². The maximum Gasteiger partial charge on any atom is 0.416 e. The number of carbonyl (C=O) groups excluding carboxylic acids is 1. The second-order valence-electron chi connectivity index (χ2n) is 11.1. The van der Waals surface area contributed by atoms with E-state index in [0.29, 0.717) is 54.1 Å². The number of hydrogen-bond acceptors (Lipinski definition) is 4. The molecule has 0 aliphatic carbocycles. The third kappa shape index (κ3) is 8.83. The van der Waals surface area contributed by atoms with E-state index in [1.54, 1.807) is 35.2 Å². The molecule has 0 aromatic heterocycles. The molecule has 2 aliphatic heterocycles. The first-order valence-electron chi connectivity index (χ1n) is 13.9. The Hall–Kier alpha value is -1.85. The summed E-state index contributed by atoms with van der Waals surface area (Å²) in [5, 5.41) is 0.771. The van der Waals surface area contributed by atoms with E-state index < -0.39 is 21.8 Å². The number of anilines is 1. The Labute approximate surface area is 250 Å². The molecule has 2 aliphatic rings. The molecule has 12 heteroatoms. The second kappa shape index (κ2) is 13.6. The van der Waals surface area contributed by atoms with Crippen molar-refractivity contribution in [2.45, 2.75) is 44.7 Å². The summed E-state index contributed by atoms with van der Waals surface area (Å²) in [6.07, 6.45) is 1.26. The van der Waals surface area contributed by atoms with Crippen LogP contribution in [0.2, 0.25) is 10.0 Å². The lowest BCUT2D eigenvalue weighted by Crippen LogP contribution is -2.45. The van der Waals surface area contributed by atoms with Crippen LogP contribution in [0.15, 0.2) is 42.5 Å². The highest BCUT2D eigenvalue weighted by molar-refractivity contribution is 7.88. The van der Waals surface area contributed by atoms with Crippen LogP contribution < -0.4 is 4.90 Å². The van der Waals surface area contributed by atoms with Gasteiger partial charge in [0.2, 0.25) is 15.9 Å². The van der Waals surface area contributed by atoms with Crippen LogP contribution in [0.4, 0.5) is 18.9 Å². The summed E-state index contributed by atoms with van der Waals surface area (Å²) in [5.74, 6) is 0.116. The number of halogens is 5. The molecule has 4 rings (SSSR count).